The number of carbonyl (C=O) groups is 1. The lowest BCUT2D eigenvalue weighted by atomic mass is 10.1. The fourth-order valence-electron chi connectivity index (χ4n) is 2.16. The van der Waals surface area contributed by atoms with E-state index >= 15 is 0 Å². The summed E-state index contributed by atoms with van der Waals surface area (Å²) in [5.74, 6) is 0.252. The zero-order chi connectivity index (χ0) is 17.2. The van der Waals surface area contributed by atoms with E-state index in [1.54, 1.807) is 11.6 Å². The van der Waals surface area contributed by atoms with E-state index in [9.17, 15) is 4.79 Å². The molecule has 24 heavy (non-hydrogen) atoms. The summed E-state index contributed by atoms with van der Waals surface area (Å²) in [6.45, 7) is 2.27. The summed E-state index contributed by atoms with van der Waals surface area (Å²) in [7, 11) is 0. The molecular weight excluding hydrogens is 302 g/mol. The minimum atomic E-state index is -0.558. The molecule has 2 rings (SSSR count). The Morgan fingerprint density at radius 1 is 1.08 bits per heavy atom. The molecule has 2 N–H and O–H groups in total. The van der Waals surface area contributed by atoms with E-state index in [1.165, 1.54) is 17.2 Å². The Kier molecular flexibility index (Phi) is 6.80. The van der Waals surface area contributed by atoms with Gasteiger partial charge in [0.25, 0.3) is 5.91 Å². The summed E-state index contributed by atoms with van der Waals surface area (Å²) in [4.78, 5) is 10.9. The average Bonchev–Trinajstić information content (AvgIpc) is 2.61. The van der Waals surface area contributed by atoms with E-state index in [-0.39, 0.29) is 0 Å². The molecule has 0 aliphatic carbocycles. The van der Waals surface area contributed by atoms with Gasteiger partial charge in [-0.15, -0.1) is 0 Å². The first kappa shape index (κ1) is 17.5. The molecule has 0 saturated heterocycles. The van der Waals surface area contributed by atoms with Crippen LogP contribution in [0.15, 0.2) is 78.4 Å². The number of hydrogen-bond acceptors (Lipinski definition) is 3. The molecule has 0 aromatic heterocycles. The second-order valence-corrected chi connectivity index (χ2v) is 5.38. The number of hydrogen-bond donors (Lipinski definition) is 2. The highest BCUT2D eigenvalue weighted by Gasteiger charge is 1.99. The largest absolute Gasteiger partial charge is 0.490 e. The summed E-state index contributed by atoms with van der Waals surface area (Å²) in [5, 5.41) is 8.41. The van der Waals surface area contributed by atoms with Gasteiger partial charge in [0.1, 0.15) is 12.4 Å². The van der Waals surface area contributed by atoms with Crippen molar-refractivity contribution in [2.45, 2.75) is 13.3 Å². The van der Waals surface area contributed by atoms with Gasteiger partial charge in [-0.1, -0.05) is 54.1 Å². The van der Waals surface area contributed by atoms with Crippen molar-refractivity contribution < 1.29 is 14.7 Å². The maximum absolute atomic E-state index is 10.9. The van der Waals surface area contributed by atoms with Crippen molar-refractivity contribution in [3.63, 3.8) is 0 Å². The van der Waals surface area contributed by atoms with Gasteiger partial charge in [0.05, 0.1) is 0 Å². The molecule has 0 aliphatic heterocycles. The Hall–Kier alpha value is -2.85. The number of rotatable bonds is 7. The van der Waals surface area contributed by atoms with Crippen LogP contribution in [0.4, 0.5) is 0 Å². The molecule has 0 aliphatic rings. The normalized spacial score (nSPS) is 11.5. The number of nitrogens with one attached hydrogen (secondary N) is 1. The van der Waals surface area contributed by atoms with Crippen LogP contribution in [0.3, 0.4) is 0 Å². The molecule has 0 unspecified atom stereocenters. The zero-order valence-electron chi connectivity index (χ0n) is 13.6. The van der Waals surface area contributed by atoms with Crippen LogP contribution in [-0.4, -0.2) is 17.7 Å². The van der Waals surface area contributed by atoms with Crippen molar-refractivity contribution in [1.29, 1.82) is 0 Å². The van der Waals surface area contributed by atoms with Gasteiger partial charge in [0.15, 0.2) is 0 Å². The number of benzene rings is 2. The minimum absolute atomic E-state index is 0.408. The van der Waals surface area contributed by atoms with Crippen molar-refractivity contribution in [2.24, 2.45) is 0 Å². The number of hydroxylamine groups is 1. The lowest BCUT2D eigenvalue weighted by Gasteiger charge is -2.07. The van der Waals surface area contributed by atoms with Crippen LogP contribution >= 0.6 is 0 Å². The second-order valence-electron chi connectivity index (χ2n) is 5.38. The number of allylic oxidation sites excluding steroid dienone is 2. The fourth-order valence-corrected chi connectivity index (χ4v) is 2.16. The van der Waals surface area contributed by atoms with Crippen molar-refractivity contribution >= 4 is 5.91 Å². The predicted octanol–water partition coefficient (Wildman–Crippen LogP) is 3.66. The van der Waals surface area contributed by atoms with Gasteiger partial charge in [-0.25, -0.2) is 5.48 Å². The highest BCUT2D eigenvalue weighted by atomic mass is 16.5. The first-order valence-electron chi connectivity index (χ1n) is 7.72. The molecule has 124 valence electrons. The topological polar surface area (TPSA) is 58.6 Å². The molecule has 0 saturated carbocycles. The molecule has 2 aromatic carbocycles. The Morgan fingerprint density at radius 3 is 2.58 bits per heavy atom. The van der Waals surface area contributed by atoms with Gasteiger partial charge < -0.3 is 4.74 Å². The van der Waals surface area contributed by atoms with E-state index in [1.807, 2.05) is 49.4 Å². The highest BCUT2D eigenvalue weighted by Crippen LogP contribution is 2.16. The van der Waals surface area contributed by atoms with Crippen LogP contribution < -0.4 is 10.2 Å². The molecule has 2 aromatic rings. The van der Waals surface area contributed by atoms with Crippen LogP contribution in [0.1, 0.15) is 18.1 Å². The minimum Gasteiger partial charge on any atom is -0.490 e. The third kappa shape index (κ3) is 6.10. The molecule has 0 heterocycles. The van der Waals surface area contributed by atoms with Crippen molar-refractivity contribution in [3.8, 4) is 5.75 Å². The van der Waals surface area contributed by atoms with E-state index in [0.29, 0.717) is 6.61 Å². The predicted molar refractivity (Wildman–Crippen MR) is 94.0 cm³/mol. The lowest BCUT2D eigenvalue weighted by molar-refractivity contribution is -0.124. The van der Waals surface area contributed by atoms with E-state index in [2.05, 4.69) is 18.2 Å². The third-order valence-electron chi connectivity index (χ3n) is 3.41. The molecule has 1 amide bonds. The van der Waals surface area contributed by atoms with Gasteiger partial charge >= 0.3 is 0 Å². The summed E-state index contributed by atoms with van der Waals surface area (Å²) >= 11 is 0. The molecule has 0 radical (unpaired) electrons. The summed E-state index contributed by atoms with van der Waals surface area (Å²) in [6, 6.07) is 18.3. The van der Waals surface area contributed by atoms with Crippen LogP contribution in [0.5, 0.6) is 5.75 Å². The Morgan fingerprint density at radius 2 is 1.83 bits per heavy atom. The Labute approximate surface area is 142 Å². The number of amides is 1. The second kappa shape index (κ2) is 9.33. The standard InChI is InChI=1S/C20H21NO3/c1-16(10-11-20(22)21-23)12-13-24-19-9-5-8-18(15-19)14-17-6-3-2-4-7-17/h2-12,15,23H,13-14H2,1H3,(H,21,22)/b11-10+,16-12+. The summed E-state index contributed by atoms with van der Waals surface area (Å²) in [6.07, 6.45) is 5.60. The molecule has 0 atom stereocenters. The lowest BCUT2D eigenvalue weighted by Crippen LogP contribution is -2.14. The van der Waals surface area contributed by atoms with E-state index < -0.39 is 5.91 Å². The smallest absolute Gasteiger partial charge is 0.267 e. The molecule has 0 bridgehead atoms. The Bertz CT molecular complexity index is 721. The molecular formula is C20H21NO3. The van der Waals surface area contributed by atoms with Gasteiger partial charge in [-0.2, -0.15) is 0 Å². The van der Waals surface area contributed by atoms with Crippen LogP contribution in [0.25, 0.3) is 0 Å². The van der Waals surface area contributed by atoms with Gasteiger partial charge in [-0.3, -0.25) is 10.0 Å². The number of carbonyl (C=O) groups excluding carboxylic acids is 1. The number of ether oxygens (including phenoxy) is 1. The van der Waals surface area contributed by atoms with Gasteiger partial charge in [-0.05, 0) is 42.7 Å². The fraction of sp³-hybridized carbons (Fsp3) is 0.150. The highest BCUT2D eigenvalue weighted by molar-refractivity contribution is 5.86. The van der Waals surface area contributed by atoms with Crippen molar-refractivity contribution in [1.82, 2.24) is 5.48 Å². The van der Waals surface area contributed by atoms with Gasteiger partial charge in [0, 0.05) is 6.08 Å². The van der Waals surface area contributed by atoms with Crippen molar-refractivity contribution in [3.05, 3.63) is 89.5 Å². The zero-order valence-corrected chi connectivity index (χ0v) is 13.6. The van der Waals surface area contributed by atoms with Crippen LogP contribution in [0.2, 0.25) is 0 Å². The van der Waals surface area contributed by atoms with Crippen LogP contribution in [-0.2, 0) is 11.2 Å². The maximum atomic E-state index is 10.9. The first-order valence-corrected chi connectivity index (χ1v) is 7.72. The molecule has 4 nitrogen and oxygen atoms in total. The Balaban J connectivity index is 1.90. The van der Waals surface area contributed by atoms with E-state index in [0.717, 1.165) is 17.7 Å². The SMILES string of the molecule is CC(/C=C/C(=O)NO)=C\COc1cccc(Cc2ccccc2)c1. The first-order chi connectivity index (χ1) is 11.7. The quantitative estimate of drug-likeness (QED) is 0.354. The summed E-state index contributed by atoms with van der Waals surface area (Å²) in [5.41, 5.74) is 4.87. The average molecular weight is 323 g/mol. The van der Waals surface area contributed by atoms with Crippen LogP contribution in [0, 0.1) is 0 Å². The maximum Gasteiger partial charge on any atom is 0.267 e. The monoisotopic (exact) mass is 323 g/mol. The molecule has 0 fully saturated rings. The molecule has 4 heteroatoms. The summed E-state index contributed by atoms with van der Waals surface area (Å²) < 4.78 is 5.73. The molecule has 0 spiro atoms. The van der Waals surface area contributed by atoms with Gasteiger partial charge in [0.2, 0.25) is 0 Å². The third-order valence-corrected chi connectivity index (χ3v) is 3.41. The van der Waals surface area contributed by atoms with Crippen molar-refractivity contribution in [2.75, 3.05) is 6.61 Å². The van der Waals surface area contributed by atoms with E-state index in [4.69, 9.17) is 9.94 Å².